The maximum Gasteiger partial charge on any atom is 0.327 e. The molecule has 0 spiro atoms. The third-order valence-electron chi connectivity index (χ3n) is 2.75. The molecule has 2 amide bonds. The maximum atomic E-state index is 12.1. The lowest BCUT2D eigenvalue weighted by Gasteiger charge is -2.28. The zero-order valence-corrected chi connectivity index (χ0v) is 12.5. The molecule has 18 heavy (non-hydrogen) atoms. The van der Waals surface area contributed by atoms with Crippen LogP contribution in [-0.2, 0) is 4.79 Å². The van der Waals surface area contributed by atoms with E-state index in [4.69, 9.17) is 5.11 Å². The van der Waals surface area contributed by atoms with Gasteiger partial charge in [0.05, 0.1) is 5.37 Å². The molecule has 7 heteroatoms. The van der Waals surface area contributed by atoms with E-state index in [9.17, 15) is 9.59 Å². The van der Waals surface area contributed by atoms with Crippen molar-refractivity contribution >= 4 is 35.5 Å². The van der Waals surface area contributed by atoms with Crippen LogP contribution in [0.25, 0.3) is 0 Å². The van der Waals surface area contributed by atoms with Crippen LogP contribution in [0, 0.1) is 0 Å². The number of hydrogen-bond acceptors (Lipinski definition) is 4. The Kier molecular flexibility index (Phi) is 6.14. The quantitative estimate of drug-likeness (QED) is 0.807. The highest BCUT2D eigenvalue weighted by Gasteiger charge is 2.40. The first-order valence-corrected chi connectivity index (χ1v) is 8.37. The van der Waals surface area contributed by atoms with Crippen LogP contribution in [0.15, 0.2) is 0 Å². The molecule has 0 bridgehead atoms. The molecule has 1 saturated heterocycles. The number of amides is 2. The summed E-state index contributed by atoms with van der Waals surface area (Å²) in [4.78, 5) is 24.8. The minimum Gasteiger partial charge on any atom is -0.480 e. The van der Waals surface area contributed by atoms with E-state index in [2.05, 4.69) is 5.32 Å². The van der Waals surface area contributed by atoms with E-state index < -0.39 is 12.0 Å². The van der Waals surface area contributed by atoms with E-state index in [1.165, 1.54) is 16.7 Å². The van der Waals surface area contributed by atoms with Crippen LogP contribution in [-0.4, -0.2) is 57.2 Å². The number of rotatable bonds is 5. The Morgan fingerprint density at radius 1 is 1.61 bits per heavy atom. The third-order valence-corrected chi connectivity index (χ3v) is 5.03. The van der Waals surface area contributed by atoms with Crippen LogP contribution in [0.4, 0.5) is 4.79 Å². The number of urea groups is 1. The number of carboxylic acid groups (broad SMARTS) is 1. The standard InChI is InChI=1S/C11H20N2O3S2/c1-4-9-13(8(6-18-9)10(14)15)11(16)12-7(2)5-17-3/h7-9H,4-6H2,1-3H3,(H,12,16)(H,14,15). The number of carboxylic acids is 1. The van der Waals surface area contributed by atoms with E-state index in [1.807, 2.05) is 20.1 Å². The van der Waals surface area contributed by atoms with Gasteiger partial charge in [0.2, 0.25) is 0 Å². The van der Waals surface area contributed by atoms with Crippen molar-refractivity contribution in [2.75, 3.05) is 17.8 Å². The van der Waals surface area contributed by atoms with Crippen LogP contribution >= 0.6 is 23.5 Å². The SMILES string of the molecule is CCC1SCC(C(=O)O)N1C(=O)NC(C)CSC. The van der Waals surface area contributed by atoms with Crippen LogP contribution in [0.3, 0.4) is 0 Å². The van der Waals surface area contributed by atoms with Gasteiger partial charge in [-0.15, -0.1) is 11.8 Å². The third kappa shape index (κ3) is 3.71. The molecule has 0 aliphatic carbocycles. The number of hydrogen-bond donors (Lipinski definition) is 2. The minimum atomic E-state index is -0.925. The second-order valence-corrected chi connectivity index (χ2v) is 6.38. The summed E-state index contributed by atoms with van der Waals surface area (Å²) in [5.41, 5.74) is 0. The molecule has 0 aromatic rings. The molecule has 3 atom stereocenters. The molecule has 2 N–H and O–H groups in total. The first-order valence-electron chi connectivity index (χ1n) is 5.93. The van der Waals surface area contributed by atoms with Gasteiger partial charge in [0.25, 0.3) is 0 Å². The monoisotopic (exact) mass is 292 g/mol. The van der Waals surface area contributed by atoms with E-state index in [1.54, 1.807) is 11.8 Å². The molecule has 1 fully saturated rings. The minimum absolute atomic E-state index is 0.0346. The number of carbonyl (C=O) groups is 2. The van der Waals surface area contributed by atoms with E-state index in [0.29, 0.717) is 5.75 Å². The molecule has 1 aliphatic rings. The Morgan fingerprint density at radius 3 is 2.78 bits per heavy atom. The summed E-state index contributed by atoms with van der Waals surface area (Å²) in [5.74, 6) is 0.366. The summed E-state index contributed by atoms with van der Waals surface area (Å²) in [5, 5.41) is 12.0. The van der Waals surface area contributed by atoms with Gasteiger partial charge in [0.1, 0.15) is 6.04 Å². The smallest absolute Gasteiger partial charge is 0.327 e. The number of aliphatic carboxylic acids is 1. The van der Waals surface area contributed by atoms with Crippen molar-refractivity contribution < 1.29 is 14.7 Å². The molecule has 1 rings (SSSR count). The molecule has 5 nitrogen and oxygen atoms in total. The van der Waals surface area contributed by atoms with Crippen molar-refractivity contribution in [3.05, 3.63) is 0 Å². The van der Waals surface area contributed by atoms with Crippen molar-refractivity contribution in [2.24, 2.45) is 0 Å². The van der Waals surface area contributed by atoms with E-state index in [-0.39, 0.29) is 17.4 Å². The molecule has 3 unspecified atom stereocenters. The highest BCUT2D eigenvalue weighted by Crippen LogP contribution is 2.31. The summed E-state index contributed by atoms with van der Waals surface area (Å²) in [6.45, 7) is 3.89. The second-order valence-electron chi connectivity index (χ2n) is 4.26. The zero-order valence-electron chi connectivity index (χ0n) is 10.9. The van der Waals surface area contributed by atoms with Crippen LogP contribution in [0.1, 0.15) is 20.3 Å². The van der Waals surface area contributed by atoms with Gasteiger partial charge in [-0.3, -0.25) is 4.90 Å². The molecular weight excluding hydrogens is 272 g/mol. The van der Waals surface area contributed by atoms with Gasteiger partial charge in [0, 0.05) is 17.5 Å². The topological polar surface area (TPSA) is 69.6 Å². The molecule has 0 radical (unpaired) electrons. The first-order chi connectivity index (χ1) is 8.51. The lowest BCUT2D eigenvalue weighted by Crippen LogP contribution is -2.52. The number of nitrogens with one attached hydrogen (secondary N) is 1. The van der Waals surface area contributed by atoms with Crippen LogP contribution in [0.5, 0.6) is 0 Å². The molecule has 0 aromatic heterocycles. The highest BCUT2D eigenvalue weighted by atomic mass is 32.2. The highest BCUT2D eigenvalue weighted by molar-refractivity contribution is 8.00. The predicted octanol–water partition coefficient (Wildman–Crippen LogP) is 1.69. The summed E-state index contributed by atoms with van der Waals surface area (Å²) < 4.78 is 0. The van der Waals surface area contributed by atoms with E-state index in [0.717, 1.165) is 12.2 Å². The van der Waals surface area contributed by atoms with Gasteiger partial charge in [-0.05, 0) is 19.6 Å². The Hall–Kier alpha value is -0.560. The lowest BCUT2D eigenvalue weighted by molar-refractivity contribution is -0.141. The largest absolute Gasteiger partial charge is 0.480 e. The normalized spacial score (nSPS) is 24.9. The Bertz CT molecular complexity index is 315. The van der Waals surface area contributed by atoms with E-state index >= 15 is 0 Å². The van der Waals surface area contributed by atoms with Crippen molar-refractivity contribution in [2.45, 2.75) is 37.7 Å². The van der Waals surface area contributed by atoms with Crippen molar-refractivity contribution in [1.82, 2.24) is 10.2 Å². The van der Waals surface area contributed by atoms with Crippen molar-refractivity contribution in [1.29, 1.82) is 0 Å². The summed E-state index contributed by atoms with van der Waals surface area (Å²) >= 11 is 3.19. The van der Waals surface area contributed by atoms with Gasteiger partial charge >= 0.3 is 12.0 Å². The average Bonchev–Trinajstić information content (AvgIpc) is 2.72. The second kappa shape index (κ2) is 7.13. The molecule has 1 aliphatic heterocycles. The molecule has 104 valence electrons. The van der Waals surface area contributed by atoms with Crippen LogP contribution in [0.2, 0.25) is 0 Å². The Morgan fingerprint density at radius 2 is 2.28 bits per heavy atom. The fraction of sp³-hybridized carbons (Fsp3) is 0.818. The van der Waals surface area contributed by atoms with Crippen molar-refractivity contribution in [3.63, 3.8) is 0 Å². The fourth-order valence-corrected chi connectivity index (χ4v) is 3.85. The first kappa shape index (κ1) is 15.5. The predicted molar refractivity (Wildman–Crippen MR) is 76.2 cm³/mol. The molecule has 1 heterocycles. The van der Waals surface area contributed by atoms with Crippen molar-refractivity contribution in [3.8, 4) is 0 Å². The van der Waals surface area contributed by atoms with Gasteiger partial charge in [-0.1, -0.05) is 6.92 Å². The fourth-order valence-electron chi connectivity index (χ4n) is 1.92. The Balaban J connectivity index is 2.69. The number of carbonyl (C=O) groups excluding carboxylic acids is 1. The molecule has 0 aromatic carbocycles. The lowest BCUT2D eigenvalue weighted by atomic mass is 10.2. The van der Waals surface area contributed by atoms with Gasteiger partial charge < -0.3 is 10.4 Å². The number of nitrogens with zero attached hydrogens (tertiary/aromatic N) is 1. The summed E-state index contributed by atoms with van der Waals surface area (Å²) in [6, 6.07) is -0.924. The van der Waals surface area contributed by atoms with Crippen LogP contribution < -0.4 is 5.32 Å². The maximum absolute atomic E-state index is 12.1. The summed E-state index contributed by atoms with van der Waals surface area (Å²) in [7, 11) is 0. The molecule has 0 saturated carbocycles. The van der Waals surface area contributed by atoms with Gasteiger partial charge in [0.15, 0.2) is 0 Å². The van der Waals surface area contributed by atoms with Gasteiger partial charge in [-0.25, -0.2) is 9.59 Å². The number of thioether (sulfide) groups is 2. The molecular formula is C11H20N2O3S2. The van der Waals surface area contributed by atoms with Gasteiger partial charge in [-0.2, -0.15) is 11.8 Å². The average molecular weight is 292 g/mol. The summed E-state index contributed by atoms with van der Waals surface area (Å²) in [6.07, 6.45) is 2.74. The zero-order chi connectivity index (χ0) is 13.7. The Labute approximate surface area is 116 Å².